The molecule has 3 aromatic rings. The fourth-order valence-corrected chi connectivity index (χ4v) is 4.55. The van der Waals surface area contributed by atoms with Gasteiger partial charge in [-0.05, 0) is 56.0 Å². The molecule has 1 aliphatic carbocycles. The quantitative estimate of drug-likeness (QED) is 0.371. The highest BCUT2D eigenvalue weighted by molar-refractivity contribution is 5.98. The number of amides is 1. The lowest BCUT2D eigenvalue weighted by molar-refractivity contribution is -0.137. The van der Waals surface area contributed by atoms with Gasteiger partial charge in [-0.1, -0.05) is 43.7 Å². The van der Waals surface area contributed by atoms with Gasteiger partial charge in [0.15, 0.2) is 0 Å². The fraction of sp³-hybridized carbons (Fsp3) is 0.370. The van der Waals surface area contributed by atoms with Crippen molar-refractivity contribution in [3.63, 3.8) is 0 Å². The van der Waals surface area contributed by atoms with Crippen LogP contribution in [0.15, 0.2) is 42.5 Å². The lowest BCUT2D eigenvalue weighted by atomic mass is 9.90. The van der Waals surface area contributed by atoms with Crippen LogP contribution in [0.5, 0.6) is 11.6 Å². The van der Waals surface area contributed by atoms with Gasteiger partial charge in [-0.25, -0.2) is 0 Å². The molecule has 0 spiro atoms. The smallest absolute Gasteiger partial charge is 0.416 e. The Hall–Kier alpha value is -3.56. The predicted molar refractivity (Wildman–Crippen MR) is 127 cm³/mol. The second-order valence-electron chi connectivity index (χ2n) is 9.92. The maximum absolute atomic E-state index is 15.0. The van der Waals surface area contributed by atoms with Crippen LogP contribution in [0.25, 0.3) is 0 Å². The van der Waals surface area contributed by atoms with Crippen molar-refractivity contribution in [2.75, 3.05) is 6.54 Å². The molecule has 1 amide bonds. The first-order valence-electron chi connectivity index (χ1n) is 11.7. The van der Waals surface area contributed by atoms with Crippen LogP contribution in [-0.4, -0.2) is 22.6 Å². The minimum Gasteiger partial charge on any atom is -0.437 e. The fourth-order valence-electron chi connectivity index (χ4n) is 4.55. The van der Waals surface area contributed by atoms with E-state index in [0.29, 0.717) is 29.7 Å². The van der Waals surface area contributed by atoms with Gasteiger partial charge in [-0.15, -0.1) is 5.10 Å². The molecular formula is C27H26F5N3O2. The van der Waals surface area contributed by atoms with Gasteiger partial charge < -0.3 is 10.1 Å². The largest absolute Gasteiger partial charge is 0.437 e. The van der Waals surface area contributed by atoms with Crippen molar-refractivity contribution in [1.29, 1.82) is 0 Å². The van der Waals surface area contributed by atoms with E-state index in [-0.39, 0.29) is 22.8 Å². The first-order chi connectivity index (χ1) is 17.2. The highest BCUT2D eigenvalue weighted by Gasteiger charge is 2.39. The van der Waals surface area contributed by atoms with Crippen molar-refractivity contribution in [1.82, 2.24) is 15.5 Å². The molecule has 1 aliphatic rings. The number of benzene rings is 2. The number of hydrogen-bond donors (Lipinski definition) is 1. The number of fused-ring (bicyclic) bond motifs is 1. The summed E-state index contributed by atoms with van der Waals surface area (Å²) < 4.78 is 75.2. The molecule has 37 heavy (non-hydrogen) atoms. The second kappa shape index (κ2) is 9.39. The molecule has 0 unspecified atom stereocenters. The second-order valence-corrected chi connectivity index (χ2v) is 9.92. The van der Waals surface area contributed by atoms with Gasteiger partial charge >= 0.3 is 6.18 Å². The van der Waals surface area contributed by atoms with E-state index in [4.69, 9.17) is 4.74 Å². The first kappa shape index (κ1) is 26.5. The van der Waals surface area contributed by atoms with E-state index in [2.05, 4.69) is 15.5 Å². The Bertz CT molecular complexity index is 1350. The topological polar surface area (TPSA) is 64.1 Å². The van der Waals surface area contributed by atoms with Crippen LogP contribution in [0.4, 0.5) is 22.0 Å². The van der Waals surface area contributed by atoms with Crippen molar-refractivity contribution in [2.24, 2.45) is 0 Å². The van der Waals surface area contributed by atoms with E-state index >= 15 is 8.78 Å². The van der Waals surface area contributed by atoms with E-state index in [0.717, 1.165) is 23.8 Å². The summed E-state index contributed by atoms with van der Waals surface area (Å²) in [6.07, 6.45) is -3.57. The third kappa shape index (κ3) is 5.42. The molecule has 196 valence electrons. The SMILES string of the molecule is Cc1ccc(C(F)(F)CNC(=O)c2c(Oc3cccc(C(F)(F)F)c3)nnc3c2CCC3(C)C)c(C)c1. The molecule has 0 atom stereocenters. The van der Waals surface area contributed by atoms with Gasteiger partial charge in [0.25, 0.3) is 17.7 Å². The number of alkyl halides is 5. The Balaban J connectivity index is 1.67. The third-order valence-corrected chi connectivity index (χ3v) is 6.53. The van der Waals surface area contributed by atoms with Crippen molar-refractivity contribution >= 4 is 5.91 Å². The van der Waals surface area contributed by atoms with E-state index in [9.17, 15) is 18.0 Å². The molecule has 0 saturated carbocycles. The number of aromatic nitrogens is 2. The minimum absolute atomic E-state index is 0.107. The molecule has 0 saturated heterocycles. The van der Waals surface area contributed by atoms with Crippen molar-refractivity contribution < 1.29 is 31.5 Å². The Morgan fingerprint density at radius 3 is 2.46 bits per heavy atom. The standard InChI is InChI=1S/C27H26F5N3O2/c1-15-8-9-20(16(2)12-15)26(28,29)14-33-23(36)21-19-10-11-25(3,4)22(19)34-35-24(21)37-18-7-5-6-17(13-18)27(30,31)32/h5-9,12-13H,10-11,14H2,1-4H3,(H,33,36). The summed E-state index contributed by atoms with van der Waals surface area (Å²) in [7, 11) is 0. The van der Waals surface area contributed by atoms with Crippen LogP contribution < -0.4 is 10.1 Å². The Kier molecular flexibility index (Phi) is 6.73. The molecule has 2 aromatic carbocycles. The molecule has 5 nitrogen and oxygen atoms in total. The lowest BCUT2D eigenvalue weighted by Gasteiger charge is -2.21. The van der Waals surface area contributed by atoms with E-state index in [1.54, 1.807) is 26.0 Å². The highest BCUT2D eigenvalue weighted by Crippen LogP contribution is 2.41. The summed E-state index contributed by atoms with van der Waals surface area (Å²) >= 11 is 0. The number of halogens is 5. The zero-order valence-corrected chi connectivity index (χ0v) is 20.8. The van der Waals surface area contributed by atoms with Crippen LogP contribution >= 0.6 is 0 Å². The first-order valence-corrected chi connectivity index (χ1v) is 11.7. The number of aryl methyl sites for hydroxylation is 2. The zero-order chi connectivity index (χ0) is 27.2. The molecule has 1 N–H and O–H groups in total. The summed E-state index contributed by atoms with van der Waals surface area (Å²) in [4.78, 5) is 13.3. The number of carbonyl (C=O) groups is 1. The van der Waals surface area contributed by atoms with Gasteiger partial charge in [0.2, 0.25) is 0 Å². The number of nitrogens with one attached hydrogen (secondary N) is 1. The van der Waals surface area contributed by atoms with Crippen molar-refractivity contribution in [2.45, 2.75) is 58.1 Å². The van der Waals surface area contributed by atoms with Gasteiger partial charge in [-0.2, -0.15) is 27.1 Å². The van der Waals surface area contributed by atoms with Gasteiger partial charge in [0, 0.05) is 11.0 Å². The van der Waals surface area contributed by atoms with Gasteiger partial charge in [-0.3, -0.25) is 4.79 Å². The van der Waals surface area contributed by atoms with Gasteiger partial charge in [0.1, 0.15) is 11.3 Å². The van der Waals surface area contributed by atoms with Crippen LogP contribution in [-0.2, 0) is 23.9 Å². The summed E-state index contributed by atoms with van der Waals surface area (Å²) in [6, 6.07) is 8.62. The molecular weight excluding hydrogens is 493 g/mol. The van der Waals surface area contributed by atoms with Crippen LogP contribution in [0, 0.1) is 13.8 Å². The van der Waals surface area contributed by atoms with Gasteiger partial charge in [0.05, 0.1) is 17.8 Å². The molecule has 0 fully saturated rings. The summed E-state index contributed by atoms with van der Waals surface area (Å²) in [5.74, 6) is -4.78. The summed E-state index contributed by atoms with van der Waals surface area (Å²) in [5.41, 5.74) is 0.542. The lowest BCUT2D eigenvalue weighted by Crippen LogP contribution is -2.36. The van der Waals surface area contributed by atoms with E-state index in [1.165, 1.54) is 12.1 Å². The van der Waals surface area contributed by atoms with Crippen LogP contribution in [0.3, 0.4) is 0 Å². The number of ether oxygens (including phenoxy) is 1. The number of nitrogens with zero attached hydrogens (tertiary/aromatic N) is 2. The van der Waals surface area contributed by atoms with Crippen molar-refractivity contribution in [3.8, 4) is 11.6 Å². The molecule has 10 heteroatoms. The molecule has 0 aliphatic heterocycles. The normalized spacial score (nSPS) is 14.8. The number of hydrogen-bond acceptors (Lipinski definition) is 4. The monoisotopic (exact) mass is 519 g/mol. The molecule has 1 aromatic heterocycles. The van der Waals surface area contributed by atoms with Crippen LogP contribution in [0.1, 0.15) is 64.1 Å². The molecule has 0 radical (unpaired) electrons. The molecule has 0 bridgehead atoms. The minimum atomic E-state index is -4.60. The maximum atomic E-state index is 15.0. The molecule has 1 heterocycles. The number of carbonyl (C=O) groups excluding carboxylic acids is 1. The maximum Gasteiger partial charge on any atom is 0.416 e. The highest BCUT2D eigenvalue weighted by atomic mass is 19.4. The summed E-state index contributed by atoms with van der Waals surface area (Å²) in [5, 5.41) is 10.4. The van der Waals surface area contributed by atoms with E-state index in [1.807, 2.05) is 13.8 Å². The zero-order valence-electron chi connectivity index (χ0n) is 20.8. The Morgan fingerprint density at radius 2 is 1.78 bits per heavy atom. The van der Waals surface area contributed by atoms with Crippen LogP contribution in [0.2, 0.25) is 0 Å². The predicted octanol–water partition coefficient (Wildman–Crippen LogP) is 6.65. The average Bonchev–Trinajstić information content (AvgIpc) is 3.11. The number of rotatable bonds is 6. The van der Waals surface area contributed by atoms with E-state index < -0.39 is 35.5 Å². The average molecular weight is 520 g/mol. The molecule has 4 rings (SSSR count). The third-order valence-electron chi connectivity index (χ3n) is 6.53. The Morgan fingerprint density at radius 1 is 1.05 bits per heavy atom. The Labute approximate surface area is 211 Å². The van der Waals surface area contributed by atoms with Crippen molar-refractivity contribution in [3.05, 3.63) is 81.5 Å². The summed E-state index contributed by atoms with van der Waals surface area (Å²) in [6.45, 7) is 6.20.